The van der Waals surface area contributed by atoms with Crippen LogP contribution in [0.15, 0.2) is 11.1 Å². The molecule has 0 unspecified atom stereocenters. The zero-order valence-corrected chi connectivity index (χ0v) is 8.83. The van der Waals surface area contributed by atoms with Gasteiger partial charge in [-0.15, -0.1) is 0 Å². The fraction of sp³-hybridized carbons (Fsp3) is 0.833. The monoisotopic (exact) mass is 164 g/mol. The summed E-state index contributed by atoms with van der Waals surface area (Å²) in [5.74, 6) is 0. The maximum absolute atomic E-state index is 2.42. The minimum absolute atomic E-state index is 0.509. The molecule has 0 fully saturated rings. The normalized spacial score (nSPS) is 31.0. The Hall–Kier alpha value is -0.260. The van der Waals surface area contributed by atoms with Crippen molar-refractivity contribution in [3.8, 4) is 0 Å². The molecule has 0 heteroatoms. The van der Waals surface area contributed by atoms with Gasteiger partial charge in [-0.3, -0.25) is 0 Å². The third-order valence-electron chi connectivity index (χ3n) is 3.74. The molecule has 0 bridgehead atoms. The number of rotatable bonds is 0. The molecule has 0 amide bonds. The first-order chi connectivity index (χ1) is 5.43. The third kappa shape index (κ3) is 0.967. The highest BCUT2D eigenvalue weighted by Crippen LogP contribution is 2.58. The van der Waals surface area contributed by atoms with Crippen LogP contribution in [-0.2, 0) is 0 Å². The number of hydrogen-bond acceptors (Lipinski definition) is 0. The van der Waals surface area contributed by atoms with E-state index in [1.807, 2.05) is 0 Å². The molecule has 0 aromatic rings. The predicted octanol–water partition coefficient (Wildman–Crippen LogP) is 3.92. The lowest BCUT2D eigenvalue weighted by molar-refractivity contribution is 0.301. The van der Waals surface area contributed by atoms with Crippen molar-refractivity contribution in [1.29, 1.82) is 0 Å². The van der Waals surface area contributed by atoms with Gasteiger partial charge in [-0.05, 0) is 36.5 Å². The molecule has 0 radical (unpaired) electrons. The minimum Gasteiger partial charge on any atom is -0.0648 e. The molecule has 0 aromatic carbocycles. The fourth-order valence-corrected chi connectivity index (χ4v) is 3.56. The van der Waals surface area contributed by atoms with Crippen LogP contribution in [0.5, 0.6) is 0 Å². The van der Waals surface area contributed by atoms with E-state index < -0.39 is 0 Å². The van der Waals surface area contributed by atoms with Crippen LogP contribution in [0, 0.1) is 10.8 Å². The van der Waals surface area contributed by atoms with E-state index in [2.05, 4.69) is 27.7 Å². The van der Waals surface area contributed by atoms with Gasteiger partial charge in [0.1, 0.15) is 0 Å². The molecule has 0 aliphatic heterocycles. The Labute approximate surface area is 76.1 Å². The van der Waals surface area contributed by atoms with Crippen molar-refractivity contribution < 1.29 is 0 Å². The molecular formula is C12H20. The lowest BCUT2D eigenvalue weighted by Gasteiger charge is -2.27. The van der Waals surface area contributed by atoms with Crippen molar-refractivity contribution >= 4 is 0 Å². The number of hydrogen-bond donors (Lipinski definition) is 0. The Morgan fingerprint density at radius 3 is 1.67 bits per heavy atom. The highest BCUT2D eigenvalue weighted by Gasteiger charge is 2.44. The summed E-state index contributed by atoms with van der Waals surface area (Å²) in [6.45, 7) is 9.68. The zero-order valence-electron chi connectivity index (χ0n) is 8.83. The summed E-state index contributed by atoms with van der Waals surface area (Å²) in [6.07, 6.45) is 5.54. The Morgan fingerprint density at radius 1 is 0.833 bits per heavy atom. The van der Waals surface area contributed by atoms with Crippen molar-refractivity contribution in [1.82, 2.24) is 0 Å². The summed E-state index contributed by atoms with van der Waals surface area (Å²) in [5.41, 5.74) is 4.62. The van der Waals surface area contributed by atoms with Crippen molar-refractivity contribution in [3.05, 3.63) is 11.1 Å². The summed E-state index contributed by atoms with van der Waals surface area (Å²) in [6, 6.07) is 0. The summed E-state index contributed by atoms with van der Waals surface area (Å²) in [5, 5.41) is 0. The molecule has 0 saturated carbocycles. The second kappa shape index (κ2) is 2.16. The summed E-state index contributed by atoms with van der Waals surface area (Å²) >= 11 is 0. The molecule has 0 aromatic heterocycles. The molecule has 2 aliphatic rings. The van der Waals surface area contributed by atoms with Crippen molar-refractivity contribution in [2.75, 3.05) is 0 Å². The van der Waals surface area contributed by atoms with E-state index in [4.69, 9.17) is 0 Å². The van der Waals surface area contributed by atoms with E-state index in [1.54, 1.807) is 11.1 Å². The van der Waals surface area contributed by atoms with Crippen molar-refractivity contribution in [2.24, 2.45) is 10.8 Å². The second-order valence-electron chi connectivity index (χ2n) is 5.76. The molecule has 0 nitrogen and oxygen atoms in total. The van der Waals surface area contributed by atoms with E-state index >= 15 is 0 Å². The van der Waals surface area contributed by atoms with Crippen LogP contribution in [0.3, 0.4) is 0 Å². The van der Waals surface area contributed by atoms with Gasteiger partial charge < -0.3 is 0 Å². The molecule has 0 spiro atoms. The van der Waals surface area contributed by atoms with Crippen LogP contribution >= 0.6 is 0 Å². The molecule has 0 heterocycles. The molecule has 0 N–H and O–H groups in total. The Morgan fingerprint density at radius 2 is 1.25 bits per heavy atom. The molecular weight excluding hydrogens is 144 g/mol. The van der Waals surface area contributed by atoms with Crippen molar-refractivity contribution in [2.45, 2.75) is 53.4 Å². The van der Waals surface area contributed by atoms with Crippen LogP contribution in [0.2, 0.25) is 0 Å². The average Bonchev–Trinajstić information content (AvgIpc) is 2.34. The van der Waals surface area contributed by atoms with Gasteiger partial charge in [-0.1, -0.05) is 38.8 Å². The first kappa shape index (κ1) is 8.34. The van der Waals surface area contributed by atoms with Gasteiger partial charge in [0.15, 0.2) is 0 Å². The molecule has 0 saturated heterocycles. The topological polar surface area (TPSA) is 0 Å². The minimum atomic E-state index is 0.509. The molecule has 68 valence electrons. The van der Waals surface area contributed by atoms with Gasteiger partial charge in [0, 0.05) is 0 Å². The standard InChI is InChI=1S/C12H20/c1-11(2)8-12(3,4)10-7-5-6-9(10)11/h5-8H2,1-4H3. The van der Waals surface area contributed by atoms with Crippen LogP contribution in [0.4, 0.5) is 0 Å². The fourth-order valence-electron chi connectivity index (χ4n) is 3.56. The first-order valence-electron chi connectivity index (χ1n) is 5.16. The summed E-state index contributed by atoms with van der Waals surface area (Å²) in [7, 11) is 0. The first-order valence-corrected chi connectivity index (χ1v) is 5.16. The summed E-state index contributed by atoms with van der Waals surface area (Å²) < 4.78 is 0. The van der Waals surface area contributed by atoms with Gasteiger partial charge in [0.25, 0.3) is 0 Å². The number of allylic oxidation sites excluding steroid dienone is 2. The second-order valence-corrected chi connectivity index (χ2v) is 5.76. The quantitative estimate of drug-likeness (QED) is 0.476. The lowest BCUT2D eigenvalue weighted by atomic mass is 9.77. The Kier molecular flexibility index (Phi) is 1.50. The lowest BCUT2D eigenvalue weighted by Crippen LogP contribution is -2.16. The highest BCUT2D eigenvalue weighted by molar-refractivity contribution is 5.35. The van der Waals surface area contributed by atoms with Crippen LogP contribution in [0.25, 0.3) is 0 Å². The van der Waals surface area contributed by atoms with E-state index in [0.29, 0.717) is 10.8 Å². The van der Waals surface area contributed by atoms with E-state index in [0.717, 1.165) is 0 Å². The van der Waals surface area contributed by atoms with Gasteiger partial charge in [0.05, 0.1) is 0 Å². The average molecular weight is 164 g/mol. The molecule has 12 heavy (non-hydrogen) atoms. The van der Waals surface area contributed by atoms with Gasteiger partial charge >= 0.3 is 0 Å². The maximum atomic E-state index is 2.42. The smallest absolute Gasteiger partial charge is 0.0134 e. The molecule has 2 rings (SSSR count). The van der Waals surface area contributed by atoms with E-state index in [-0.39, 0.29) is 0 Å². The maximum Gasteiger partial charge on any atom is -0.0134 e. The van der Waals surface area contributed by atoms with Gasteiger partial charge in [0.2, 0.25) is 0 Å². The third-order valence-corrected chi connectivity index (χ3v) is 3.74. The molecule has 2 aliphatic carbocycles. The predicted molar refractivity (Wildman–Crippen MR) is 53.1 cm³/mol. The largest absolute Gasteiger partial charge is 0.0648 e. The van der Waals surface area contributed by atoms with Crippen LogP contribution < -0.4 is 0 Å². The zero-order chi connectivity index (χ0) is 8.98. The van der Waals surface area contributed by atoms with E-state index in [1.165, 1.54) is 25.7 Å². The van der Waals surface area contributed by atoms with E-state index in [9.17, 15) is 0 Å². The Balaban J connectivity index is 2.43. The SMILES string of the molecule is CC1(C)CC(C)(C)C2=C1CCC2. The highest BCUT2D eigenvalue weighted by atomic mass is 14.5. The molecule has 0 atom stereocenters. The summed E-state index contributed by atoms with van der Waals surface area (Å²) in [4.78, 5) is 0. The van der Waals surface area contributed by atoms with Gasteiger partial charge in [-0.2, -0.15) is 0 Å². The van der Waals surface area contributed by atoms with Crippen molar-refractivity contribution in [3.63, 3.8) is 0 Å². The van der Waals surface area contributed by atoms with Crippen LogP contribution in [0.1, 0.15) is 53.4 Å². The Bertz CT molecular complexity index is 217. The van der Waals surface area contributed by atoms with Crippen LogP contribution in [-0.4, -0.2) is 0 Å². The van der Waals surface area contributed by atoms with Gasteiger partial charge in [-0.25, -0.2) is 0 Å².